The average molecular weight is 501 g/mol. The summed E-state index contributed by atoms with van der Waals surface area (Å²) in [7, 11) is 4.24. The van der Waals surface area contributed by atoms with Crippen molar-refractivity contribution in [1.82, 2.24) is 14.9 Å². The first-order valence-electron chi connectivity index (χ1n) is 11.7. The molecule has 0 saturated heterocycles. The van der Waals surface area contributed by atoms with Gasteiger partial charge in [-0.25, -0.2) is 9.78 Å². The normalized spacial score (nSPS) is 18.3. The Hall–Kier alpha value is -2.41. The summed E-state index contributed by atoms with van der Waals surface area (Å²) in [5.74, 6) is 0.294. The van der Waals surface area contributed by atoms with E-state index in [1.165, 1.54) is 0 Å². The Morgan fingerprint density at radius 1 is 1.12 bits per heavy atom. The molecular weight excluding hydrogens is 471 g/mol. The molecule has 6 nitrogen and oxygen atoms in total. The Morgan fingerprint density at radius 3 is 2.47 bits per heavy atom. The maximum absolute atomic E-state index is 12.8. The number of aromatic nitrogens is 2. The predicted molar refractivity (Wildman–Crippen MR) is 139 cm³/mol. The van der Waals surface area contributed by atoms with Crippen LogP contribution in [0.1, 0.15) is 43.0 Å². The lowest BCUT2D eigenvalue weighted by molar-refractivity contribution is 0.0527. The summed E-state index contributed by atoms with van der Waals surface area (Å²) >= 11 is 12.4. The van der Waals surface area contributed by atoms with Crippen LogP contribution in [0.3, 0.4) is 0 Å². The van der Waals surface area contributed by atoms with E-state index in [1.54, 1.807) is 19.2 Å². The fourth-order valence-electron chi connectivity index (χ4n) is 4.65. The number of carbonyl (C=O) groups excluding carboxylic acids is 1. The number of hydrogen-bond donors (Lipinski definition) is 1. The van der Waals surface area contributed by atoms with Crippen LogP contribution in [0.4, 0.5) is 5.69 Å². The Morgan fingerprint density at radius 2 is 1.82 bits per heavy atom. The van der Waals surface area contributed by atoms with Crippen LogP contribution in [0.5, 0.6) is 0 Å². The molecule has 0 radical (unpaired) electrons. The molecule has 0 aliphatic heterocycles. The van der Waals surface area contributed by atoms with E-state index in [2.05, 4.69) is 29.3 Å². The molecule has 0 amide bonds. The SMILES string of the molecule is CCOC(=O)c1cnc2ccc(-c3cc(Cl)cc(Cl)c3)nc2c1NC1CCC(CN(C)C)CC1. The van der Waals surface area contributed by atoms with Gasteiger partial charge in [0.05, 0.1) is 23.5 Å². The van der Waals surface area contributed by atoms with E-state index in [0.717, 1.165) is 37.8 Å². The van der Waals surface area contributed by atoms with Gasteiger partial charge in [0.2, 0.25) is 0 Å². The molecule has 1 fully saturated rings. The van der Waals surface area contributed by atoms with Crippen LogP contribution in [-0.2, 0) is 4.74 Å². The molecular formula is C26H30Cl2N4O2. The van der Waals surface area contributed by atoms with Gasteiger partial charge < -0.3 is 15.0 Å². The monoisotopic (exact) mass is 500 g/mol. The number of ether oxygens (including phenoxy) is 1. The molecule has 1 aromatic carbocycles. The largest absolute Gasteiger partial charge is 0.462 e. The van der Waals surface area contributed by atoms with E-state index in [0.29, 0.717) is 50.5 Å². The summed E-state index contributed by atoms with van der Waals surface area (Å²) in [6.45, 7) is 3.19. The zero-order valence-corrected chi connectivity index (χ0v) is 21.3. The zero-order chi connectivity index (χ0) is 24.2. The van der Waals surface area contributed by atoms with Crippen LogP contribution < -0.4 is 5.32 Å². The lowest BCUT2D eigenvalue weighted by atomic mass is 9.85. The van der Waals surface area contributed by atoms with Gasteiger partial charge in [-0.05, 0) is 83.0 Å². The van der Waals surface area contributed by atoms with Crippen LogP contribution in [0.25, 0.3) is 22.3 Å². The first-order chi connectivity index (χ1) is 16.3. The van der Waals surface area contributed by atoms with Gasteiger partial charge in [0, 0.05) is 34.4 Å². The summed E-state index contributed by atoms with van der Waals surface area (Å²) in [5.41, 5.74) is 3.92. The van der Waals surface area contributed by atoms with E-state index in [-0.39, 0.29) is 6.04 Å². The maximum atomic E-state index is 12.8. The van der Waals surface area contributed by atoms with Gasteiger partial charge in [-0.2, -0.15) is 0 Å². The third kappa shape index (κ3) is 5.80. The zero-order valence-electron chi connectivity index (χ0n) is 19.8. The molecule has 34 heavy (non-hydrogen) atoms. The lowest BCUT2D eigenvalue weighted by Crippen LogP contribution is -2.31. The highest BCUT2D eigenvalue weighted by atomic mass is 35.5. The molecule has 1 aliphatic carbocycles. The number of nitrogens with one attached hydrogen (secondary N) is 1. The lowest BCUT2D eigenvalue weighted by Gasteiger charge is -2.31. The Bertz CT molecular complexity index is 1160. The minimum Gasteiger partial charge on any atom is -0.462 e. The van der Waals surface area contributed by atoms with Crippen LogP contribution >= 0.6 is 23.2 Å². The number of pyridine rings is 2. The molecule has 180 valence electrons. The third-order valence-electron chi connectivity index (χ3n) is 6.19. The molecule has 0 bridgehead atoms. The summed E-state index contributed by atoms with van der Waals surface area (Å²) < 4.78 is 5.33. The van der Waals surface area contributed by atoms with Crippen LogP contribution in [0.15, 0.2) is 36.5 Å². The quantitative estimate of drug-likeness (QED) is 0.383. The average Bonchev–Trinajstić information content (AvgIpc) is 2.79. The van der Waals surface area contributed by atoms with Crippen molar-refractivity contribution in [1.29, 1.82) is 0 Å². The highest BCUT2D eigenvalue weighted by Crippen LogP contribution is 2.33. The third-order valence-corrected chi connectivity index (χ3v) is 6.62. The topological polar surface area (TPSA) is 67.3 Å². The second kappa shape index (κ2) is 10.9. The summed E-state index contributed by atoms with van der Waals surface area (Å²) in [4.78, 5) is 24.4. The number of hydrogen-bond acceptors (Lipinski definition) is 6. The van der Waals surface area contributed by atoms with Crippen molar-refractivity contribution in [2.24, 2.45) is 5.92 Å². The van der Waals surface area contributed by atoms with Gasteiger partial charge in [-0.15, -0.1) is 0 Å². The van der Waals surface area contributed by atoms with Gasteiger partial charge in [-0.3, -0.25) is 4.98 Å². The minimum absolute atomic E-state index is 0.253. The second-order valence-electron chi connectivity index (χ2n) is 9.11. The van der Waals surface area contributed by atoms with Gasteiger partial charge in [0.25, 0.3) is 0 Å². The molecule has 0 spiro atoms. The van der Waals surface area contributed by atoms with Crippen LogP contribution in [-0.4, -0.2) is 54.1 Å². The molecule has 4 rings (SSSR count). The van der Waals surface area contributed by atoms with Crippen molar-refractivity contribution < 1.29 is 9.53 Å². The number of rotatable bonds is 7. The first kappa shape index (κ1) is 24.7. The van der Waals surface area contributed by atoms with E-state index in [9.17, 15) is 4.79 Å². The number of carbonyl (C=O) groups is 1. The molecule has 0 unspecified atom stereocenters. The standard InChI is InChI=1S/C26H30Cl2N4O2/c1-4-34-26(33)21-14-29-23-10-9-22(17-11-18(27)13-19(28)12-17)31-25(23)24(21)30-20-7-5-16(6-8-20)15-32(2)3/h9-14,16,20H,4-8,15H2,1-3H3,(H,29,30). The van der Waals surface area contributed by atoms with Crippen molar-refractivity contribution in [2.45, 2.75) is 38.6 Å². The molecule has 1 aliphatic rings. The van der Waals surface area contributed by atoms with Gasteiger partial charge >= 0.3 is 5.97 Å². The molecule has 1 saturated carbocycles. The molecule has 1 N–H and O–H groups in total. The van der Waals surface area contributed by atoms with Crippen molar-refractivity contribution in [2.75, 3.05) is 32.6 Å². The Labute approximate surface area is 210 Å². The van der Waals surface area contributed by atoms with E-state index in [1.807, 2.05) is 24.3 Å². The van der Waals surface area contributed by atoms with Crippen LogP contribution in [0, 0.1) is 5.92 Å². The van der Waals surface area contributed by atoms with E-state index < -0.39 is 5.97 Å². The number of nitrogens with zero attached hydrogens (tertiary/aromatic N) is 3. The fraction of sp³-hybridized carbons (Fsp3) is 0.423. The van der Waals surface area contributed by atoms with Gasteiger partial charge in [-0.1, -0.05) is 23.2 Å². The molecule has 2 aromatic heterocycles. The maximum Gasteiger partial charge on any atom is 0.341 e. The Balaban J connectivity index is 1.72. The fourth-order valence-corrected chi connectivity index (χ4v) is 5.17. The van der Waals surface area contributed by atoms with Crippen molar-refractivity contribution in [3.8, 4) is 11.3 Å². The van der Waals surface area contributed by atoms with Crippen LogP contribution in [0.2, 0.25) is 10.0 Å². The Kier molecular flexibility index (Phi) is 7.91. The first-order valence-corrected chi connectivity index (χ1v) is 12.4. The number of fused-ring (bicyclic) bond motifs is 1. The highest BCUT2D eigenvalue weighted by Gasteiger charge is 2.25. The van der Waals surface area contributed by atoms with E-state index >= 15 is 0 Å². The molecule has 3 aromatic rings. The number of benzene rings is 1. The van der Waals surface area contributed by atoms with Crippen molar-refractivity contribution in [3.05, 3.63) is 52.1 Å². The molecule has 8 heteroatoms. The number of anilines is 1. The minimum atomic E-state index is -0.404. The van der Waals surface area contributed by atoms with Crippen molar-refractivity contribution >= 4 is 45.9 Å². The van der Waals surface area contributed by atoms with Crippen molar-refractivity contribution in [3.63, 3.8) is 0 Å². The second-order valence-corrected chi connectivity index (χ2v) is 9.99. The number of halogens is 2. The summed E-state index contributed by atoms with van der Waals surface area (Å²) in [5, 5.41) is 4.71. The van der Waals surface area contributed by atoms with Gasteiger partial charge in [0.1, 0.15) is 11.1 Å². The smallest absolute Gasteiger partial charge is 0.341 e. The summed E-state index contributed by atoms with van der Waals surface area (Å²) in [6, 6.07) is 9.38. The number of esters is 1. The van der Waals surface area contributed by atoms with E-state index in [4.69, 9.17) is 32.9 Å². The van der Waals surface area contributed by atoms with Gasteiger partial charge in [0.15, 0.2) is 0 Å². The summed E-state index contributed by atoms with van der Waals surface area (Å²) in [6.07, 6.45) is 5.95. The molecule has 2 heterocycles. The highest BCUT2D eigenvalue weighted by molar-refractivity contribution is 6.35. The predicted octanol–water partition coefficient (Wildman–Crippen LogP) is 6.31. The molecule has 0 atom stereocenters.